The molecule has 5 rings (SSSR count). The molecule has 4 unspecified atom stereocenters. The summed E-state index contributed by atoms with van der Waals surface area (Å²) in [7, 11) is 3.20. The van der Waals surface area contributed by atoms with Crippen molar-refractivity contribution in [3.05, 3.63) is 66.2 Å². The van der Waals surface area contributed by atoms with Gasteiger partial charge in [-0.1, -0.05) is 43.5 Å². The van der Waals surface area contributed by atoms with E-state index in [9.17, 15) is 14.7 Å². The van der Waals surface area contributed by atoms with Gasteiger partial charge in [-0.25, -0.2) is 5.01 Å². The molecule has 36 heavy (non-hydrogen) atoms. The third-order valence-corrected chi connectivity index (χ3v) is 7.56. The third-order valence-electron chi connectivity index (χ3n) is 7.56. The van der Waals surface area contributed by atoms with Crippen molar-refractivity contribution in [2.45, 2.75) is 56.3 Å². The number of anilines is 1. The smallest absolute Gasteiger partial charge is 0.249 e. The van der Waals surface area contributed by atoms with Crippen molar-refractivity contribution in [2.24, 2.45) is 5.92 Å². The number of aliphatic hydroxyl groups is 1. The maximum Gasteiger partial charge on any atom is 0.249 e. The van der Waals surface area contributed by atoms with E-state index in [0.717, 1.165) is 37.8 Å². The Labute approximate surface area is 211 Å². The van der Waals surface area contributed by atoms with Crippen LogP contribution in [0.4, 0.5) is 5.69 Å². The number of hydrogen-bond donors (Lipinski definition) is 2. The Hall–Kier alpha value is -3.36. The predicted octanol–water partition coefficient (Wildman–Crippen LogP) is 3.69. The van der Waals surface area contributed by atoms with Gasteiger partial charge in [-0.2, -0.15) is 0 Å². The van der Waals surface area contributed by atoms with Crippen LogP contribution in [0.2, 0.25) is 0 Å². The van der Waals surface area contributed by atoms with Gasteiger partial charge >= 0.3 is 0 Å². The van der Waals surface area contributed by atoms with Gasteiger partial charge < -0.3 is 20.0 Å². The Balaban J connectivity index is 1.48. The maximum absolute atomic E-state index is 13.8. The highest BCUT2D eigenvalue weighted by Crippen LogP contribution is 2.39. The lowest BCUT2D eigenvalue weighted by Gasteiger charge is -2.41. The second-order valence-electron chi connectivity index (χ2n) is 9.65. The molecule has 1 saturated carbocycles. The summed E-state index contributed by atoms with van der Waals surface area (Å²) in [5.41, 5.74) is 4.76. The van der Waals surface area contributed by atoms with Gasteiger partial charge in [0.1, 0.15) is 17.5 Å². The molecule has 0 spiro atoms. The number of nitrogens with zero attached hydrogens (tertiary/aromatic N) is 2. The number of fused-ring (bicyclic) bond motifs is 1. The number of ether oxygens (including phenoxy) is 2. The highest BCUT2D eigenvalue weighted by molar-refractivity contribution is 6.08. The first-order valence-electron chi connectivity index (χ1n) is 12.6. The second kappa shape index (κ2) is 10.3. The van der Waals surface area contributed by atoms with E-state index in [2.05, 4.69) is 5.43 Å². The number of imide groups is 1. The van der Waals surface area contributed by atoms with Crippen molar-refractivity contribution in [3.63, 3.8) is 0 Å². The highest BCUT2D eigenvalue weighted by Gasteiger charge is 2.55. The van der Waals surface area contributed by atoms with Crippen LogP contribution in [0.25, 0.3) is 0 Å². The fourth-order valence-corrected chi connectivity index (χ4v) is 5.61. The third kappa shape index (κ3) is 4.47. The van der Waals surface area contributed by atoms with Gasteiger partial charge in [0.25, 0.3) is 0 Å². The molecule has 190 valence electrons. The molecule has 0 radical (unpaired) electrons. The van der Waals surface area contributed by atoms with Crippen LogP contribution in [0.3, 0.4) is 0 Å². The number of carbonyl (C=O) groups excluding carboxylic acids is 2. The first-order chi connectivity index (χ1) is 17.5. The summed E-state index contributed by atoms with van der Waals surface area (Å²) in [4.78, 5) is 28.8. The fraction of sp³-hybridized carbons (Fsp3) is 0.429. The van der Waals surface area contributed by atoms with Gasteiger partial charge in [-0.15, -0.1) is 0 Å². The molecule has 1 aliphatic carbocycles. The summed E-state index contributed by atoms with van der Waals surface area (Å²) >= 11 is 0. The molecule has 2 fully saturated rings. The van der Waals surface area contributed by atoms with E-state index in [1.165, 1.54) is 4.90 Å². The van der Waals surface area contributed by atoms with Crippen molar-refractivity contribution in [3.8, 4) is 11.5 Å². The number of benzene rings is 2. The number of carbonyl (C=O) groups is 2. The van der Waals surface area contributed by atoms with Crippen molar-refractivity contribution in [1.82, 2.24) is 9.91 Å². The van der Waals surface area contributed by atoms with E-state index in [1.807, 2.05) is 42.5 Å². The Morgan fingerprint density at radius 2 is 1.47 bits per heavy atom. The quantitative estimate of drug-likeness (QED) is 0.451. The number of methoxy groups -OCH3 is 2. The van der Waals surface area contributed by atoms with Gasteiger partial charge in [0, 0.05) is 11.7 Å². The van der Waals surface area contributed by atoms with E-state index in [1.54, 1.807) is 37.4 Å². The zero-order valence-electron chi connectivity index (χ0n) is 20.7. The van der Waals surface area contributed by atoms with Crippen LogP contribution >= 0.6 is 0 Å². The summed E-state index contributed by atoms with van der Waals surface area (Å²) in [6.45, 7) is 0. The molecule has 3 aliphatic rings. The van der Waals surface area contributed by atoms with Crippen molar-refractivity contribution in [2.75, 3.05) is 19.6 Å². The molecule has 8 heteroatoms. The van der Waals surface area contributed by atoms with Crippen molar-refractivity contribution in [1.29, 1.82) is 0 Å². The standard InChI is InChI=1S/C28H33N3O5/c1-35-21-12-8-18(9-13-21)26(32)24-17-16-23-25(31(24)29-19-10-14-22(36-2)15-11-19)28(34)30(27(23)33)20-6-4-3-5-7-20/h8-17,20,23-26,29,32H,3-7H2,1-2H3. The summed E-state index contributed by atoms with van der Waals surface area (Å²) in [6.07, 6.45) is 7.60. The van der Waals surface area contributed by atoms with E-state index < -0.39 is 24.1 Å². The minimum absolute atomic E-state index is 0.0504. The summed E-state index contributed by atoms with van der Waals surface area (Å²) in [5, 5.41) is 13.2. The Kier molecular flexibility index (Phi) is 6.98. The average molecular weight is 492 g/mol. The monoisotopic (exact) mass is 491 g/mol. The van der Waals surface area contributed by atoms with Crippen LogP contribution in [-0.4, -0.2) is 59.2 Å². The molecule has 2 N–H and O–H groups in total. The van der Waals surface area contributed by atoms with Gasteiger partial charge in [-0.3, -0.25) is 14.5 Å². The lowest BCUT2D eigenvalue weighted by molar-refractivity contribution is -0.143. The van der Waals surface area contributed by atoms with Crippen LogP contribution in [0.5, 0.6) is 11.5 Å². The van der Waals surface area contributed by atoms with Crippen LogP contribution in [0.15, 0.2) is 60.7 Å². The lowest BCUT2D eigenvalue weighted by Crippen LogP contribution is -2.56. The average Bonchev–Trinajstić information content (AvgIpc) is 3.19. The van der Waals surface area contributed by atoms with Crippen molar-refractivity contribution < 1.29 is 24.2 Å². The van der Waals surface area contributed by atoms with Gasteiger partial charge in [0.05, 0.1) is 32.3 Å². The second-order valence-corrected chi connectivity index (χ2v) is 9.65. The van der Waals surface area contributed by atoms with E-state index in [0.29, 0.717) is 17.1 Å². The molecule has 2 heterocycles. The van der Waals surface area contributed by atoms with Gasteiger partial charge in [-0.05, 0) is 54.8 Å². The maximum atomic E-state index is 13.8. The molecule has 4 atom stereocenters. The number of amides is 2. The van der Waals surface area contributed by atoms with Crippen LogP contribution in [0, 0.1) is 5.92 Å². The normalized spacial score (nSPS) is 25.5. The number of hydrogen-bond acceptors (Lipinski definition) is 7. The number of likely N-dealkylation sites (tertiary alicyclic amines) is 1. The van der Waals surface area contributed by atoms with Crippen LogP contribution < -0.4 is 14.9 Å². The largest absolute Gasteiger partial charge is 0.497 e. The summed E-state index contributed by atoms with van der Waals surface area (Å²) in [6, 6.07) is 13.2. The Bertz CT molecular complexity index is 1110. The summed E-state index contributed by atoms with van der Waals surface area (Å²) < 4.78 is 10.5. The highest BCUT2D eigenvalue weighted by atomic mass is 16.5. The zero-order valence-corrected chi connectivity index (χ0v) is 20.7. The van der Waals surface area contributed by atoms with Crippen LogP contribution in [-0.2, 0) is 9.59 Å². The number of hydrazine groups is 1. The first-order valence-corrected chi connectivity index (χ1v) is 12.6. The molecule has 1 saturated heterocycles. The Morgan fingerprint density at radius 1 is 0.861 bits per heavy atom. The molecule has 2 aliphatic heterocycles. The molecular weight excluding hydrogens is 458 g/mol. The minimum atomic E-state index is -0.939. The molecule has 0 aromatic heterocycles. The fourth-order valence-electron chi connectivity index (χ4n) is 5.61. The minimum Gasteiger partial charge on any atom is -0.497 e. The molecular formula is C28H33N3O5. The predicted molar refractivity (Wildman–Crippen MR) is 135 cm³/mol. The molecule has 2 aromatic rings. The number of aliphatic hydroxyl groups excluding tert-OH is 1. The van der Waals surface area contributed by atoms with Crippen LogP contribution in [0.1, 0.15) is 43.8 Å². The lowest BCUT2D eigenvalue weighted by atomic mass is 9.90. The zero-order chi connectivity index (χ0) is 25.2. The van der Waals surface area contributed by atoms with Crippen molar-refractivity contribution >= 4 is 17.5 Å². The number of rotatable bonds is 7. The molecule has 0 bridgehead atoms. The molecule has 8 nitrogen and oxygen atoms in total. The topological polar surface area (TPSA) is 91.3 Å². The van der Waals surface area contributed by atoms with E-state index in [-0.39, 0.29) is 17.9 Å². The van der Waals surface area contributed by atoms with E-state index in [4.69, 9.17) is 9.47 Å². The van der Waals surface area contributed by atoms with Gasteiger partial charge in [0.15, 0.2) is 0 Å². The Morgan fingerprint density at radius 3 is 2.08 bits per heavy atom. The first kappa shape index (κ1) is 24.3. The SMILES string of the molecule is COc1ccc(NN2C(C(O)c3ccc(OC)cc3)C=CC3C(=O)N(C4CCCCC4)C(=O)C32)cc1. The molecule has 2 aromatic carbocycles. The molecule has 2 amide bonds. The van der Waals surface area contributed by atoms with E-state index >= 15 is 0 Å². The summed E-state index contributed by atoms with van der Waals surface area (Å²) in [5.74, 6) is 0.464. The van der Waals surface area contributed by atoms with Gasteiger partial charge in [0.2, 0.25) is 11.8 Å². The number of nitrogens with one attached hydrogen (secondary N) is 1.